The molecular weight excluding hydrogens is 1210 g/mol. The maximum atomic E-state index is 14.6. The van der Waals surface area contributed by atoms with Crippen LogP contribution in [0, 0.1) is 5.92 Å². The Morgan fingerprint density at radius 3 is 1.53 bits per heavy atom. The van der Waals surface area contributed by atoms with Gasteiger partial charge in [0.15, 0.2) is 0 Å². The number of carbonyl (C=O) groups is 9. The summed E-state index contributed by atoms with van der Waals surface area (Å²) >= 11 is 0. The molecule has 3 aliphatic rings. The molecule has 506 valence electrons. The van der Waals surface area contributed by atoms with Gasteiger partial charge in [0.1, 0.15) is 62.0 Å². The predicted molar refractivity (Wildman–Crippen MR) is 355 cm³/mol. The van der Waals surface area contributed by atoms with E-state index in [1.165, 1.54) is 0 Å². The number of hydrogen-bond acceptors (Lipinski definition) is 15. The van der Waals surface area contributed by atoms with Gasteiger partial charge in [-0.2, -0.15) is 0 Å². The van der Waals surface area contributed by atoms with Crippen LogP contribution in [0.2, 0.25) is 0 Å². The number of nitrogens with one attached hydrogen (secondary N) is 5. The second-order valence-electron chi connectivity index (χ2n) is 25.4. The number of carbonyl (C=O) groups excluding carboxylic acids is 9. The van der Waals surface area contributed by atoms with Crippen LogP contribution in [0.1, 0.15) is 164 Å². The summed E-state index contributed by atoms with van der Waals surface area (Å²) in [6.45, 7) is 5.84. The molecule has 4 unspecified atom stereocenters. The third-order valence-corrected chi connectivity index (χ3v) is 17.0. The molecule has 0 heterocycles. The van der Waals surface area contributed by atoms with Crippen LogP contribution in [0.5, 0.6) is 0 Å². The Hall–Kier alpha value is -9.17. The van der Waals surface area contributed by atoms with Gasteiger partial charge in [-0.15, -0.1) is 0 Å². The number of ether oxygens (including phenoxy) is 6. The van der Waals surface area contributed by atoms with Gasteiger partial charge in [0.25, 0.3) is 0 Å². The monoisotopic (exact) mass is 1300 g/mol. The smallest absolute Gasteiger partial charge is 0.407 e. The standard InChI is InChI=1S/C75H91N5O15/c1-75(2,3)95-73(88)64(80-74(89)94-50-60-58-33-15-13-31-56(58)57-32-14-16-34-59(57)60)39-42-67(82)76-44-46-90-45-18-17-35-68(83)77-61(38-43-69(84)78-62(36-40-65(81)54-27-19-28-54)71(86)92-48-52-23-9-5-10-24-52)70(85)79-63(72(87)93-49-53-25-11-6-12-26-53)37-41-66(55-29-20-30-55)91-47-51-21-7-4-8-22-51/h4-16,21-26,31-34,54,60-64H,17-20,27-30,35-50H2,1-3H3,(H,76,82)(H,77,83)(H,78,84)(H,79,85)(H,80,89). The van der Waals surface area contributed by atoms with E-state index < -0.39 is 71.5 Å². The van der Waals surface area contributed by atoms with Crippen molar-refractivity contribution in [1.82, 2.24) is 26.6 Å². The van der Waals surface area contributed by atoms with E-state index in [1.807, 2.05) is 127 Å². The Balaban J connectivity index is 0.840. The first kappa shape index (κ1) is 71.7. The van der Waals surface area contributed by atoms with Crippen molar-refractivity contribution in [2.75, 3.05) is 26.4 Å². The average molecular weight is 1300 g/mol. The van der Waals surface area contributed by atoms with E-state index in [4.69, 9.17) is 28.4 Å². The maximum absolute atomic E-state index is 14.6. The molecule has 5 aromatic rings. The third kappa shape index (κ3) is 23.7. The second kappa shape index (κ2) is 37.1. The van der Waals surface area contributed by atoms with E-state index in [2.05, 4.69) is 26.6 Å². The molecule has 5 N–H and O–H groups in total. The molecule has 2 saturated carbocycles. The number of allylic oxidation sites excluding steroid dienone is 2. The normalized spacial score (nSPS) is 14.5. The molecule has 5 amide bonds. The first-order valence-electron chi connectivity index (χ1n) is 33.4. The van der Waals surface area contributed by atoms with E-state index in [-0.39, 0.29) is 114 Å². The molecule has 0 aliphatic heterocycles. The molecule has 20 nitrogen and oxygen atoms in total. The summed E-state index contributed by atoms with van der Waals surface area (Å²) < 4.78 is 34.8. The Bertz CT molecular complexity index is 3350. The van der Waals surface area contributed by atoms with Crippen LogP contribution in [0.25, 0.3) is 11.1 Å². The van der Waals surface area contributed by atoms with Crippen molar-refractivity contribution >= 4 is 53.4 Å². The topological polar surface area (TPSA) is 269 Å². The van der Waals surface area contributed by atoms with Crippen LogP contribution in [-0.2, 0) is 86.6 Å². The average Bonchev–Trinajstić information content (AvgIpc) is 1.62. The lowest BCUT2D eigenvalue weighted by molar-refractivity contribution is -0.157. The number of benzene rings is 5. The quantitative estimate of drug-likeness (QED) is 0.0106. The van der Waals surface area contributed by atoms with Gasteiger partial charge in [-0.05, 0) is 136 Å². The number of Topliss-reactive ketones (excluding diaryl/α,β-unsaturated/α-hetero) is 1. The molecule has 0 radical (unpaired) electrons. The third-order valence-electron chi connectivity index (χ3n) is 17.0. The summed E-state index contributed by atoms with van der Waals surface area (Å²) in [5.41, 5.74) is 6.92. The molecule has 8 rings (SSSR count). The van der Waals surface area contributed by atoms with Crippen LogP contribution < -0.4 is 26.6 Å². The zero-order valence-corrected chi connectivity index (χ0v) is 54.8. The lowest BCUT2D eigenvalue weighted by Gasteiger charge is -2.26. The fraction of sp³-hybridized carbons (Fsp3) is 0.453. The minimum absolute atomic E-state index is 0.0124. The largest absolute Gasteiger partial charge is 0.493 e. The summed E-state index contributed by atoms with van der Waals surface area (Å²) in [6.07, 6.45) is 4.82. The fourth-order valence-corrected chi connectivity index (χ4v) is 11.4. The number of ketones is 1. The van der Waals surface area contributed by atoms with Gasteiger partial charge >= 0.3 is 24.0 Å². The summed E-state index contributed by atoms with van der Waals surface area (Å²) in [6, 6.07) is 38.9. The minimum Gasteiger partial charge on any atom is -0.493 e. The van der Waals surface area contributed by atoms with Crippen molar-refractivity contribution in [3.8, 4) is 11.1 Å². The van der Waals surface area contributed by atoms with Crippen LogP contribution in [0.4, 0.5) is 4.79 Å². The van der Waals surface area contributed by atoms with Crippen molar-refractivity contribution in [2.24, 2.45) is 5.92 Å². The summed E-state index contributed by atoms with van der Waals surface area (Å²) in [4.78, 5) is 123. The molecule has 0 aromatic heterocycles. The molecule has 5 aromatic carbocycles. The number of unbranched alkanes of at least 4 members (excludes halogenated alkanes) is 1. The minimum atomic E-state index is -1.33. The van der Waals surface area contributed by atoms with Gasteiger partial charge in [-0.3, -0.25) is 24.0 Å². The number of fused-ring (bicyclic) bond motifs is 3. The summed E-state index contributed by atoms with van der Waals surface area (Å²) in [7, 11) is 0. The number of rotatable bonds is 38. The van der Waals surface area contributed by atoms with Crippen molar-refractivity contribution < 1.29 is 71.6 Å². The fourth-order valence-electron chi connectivity index (χ4n) is 11.4. The van der Waals surface area contributed by atoms with Gasteiger partial charge < -0.3 is 55.0 Å². The highest BCUT2D eigenvalue weighted by Gasteiger charge is 2.34. The van der Waals surface area contributed by atoms with Crippen molar-refractivity contribution in [3.05, 3.63) is 179 Å². The van der Waals surface area contributed by atoms with Crippen molar-refractivity contribution in [3.63, 3.8) is 0 Å². The number of alkyl carbamates (subject to hydrolysis) is 1. The Morgan fingerprint density at radius 1 is 0.474 bits per heavy atom. The highest BCUT2D eigenvalue weighted by atomic mass is 16.6. The molecule has 20 heteroatoms. The second-order valence-corrected chi connectivity index (χ2v) is 25.4. The van der Waals surface area contributed by atoms with Crippen molar-refractivity contribution in [2.45, 2.75) is 185 Å². The SMILES string of the molecule is CC(C)(C)OC(=O)C(CCC(=O)NCCOCCCCC(=O)NC(CCC(=O)NC(CCC(=O)C1CCC1)C(=O)OCc1ccccc1)C(=O)NC(CCC(OCc1ccccc1)=C1CCC1)C(=O)OCc1ccccc1)NC(=O)OCC1c2ccccc2-c2ccccc21. The predicted octanol–water partition coefficient (Wildman–Crippen LogP) is 10.6. The van der Waals surface area contributed by atoms with Crippen LogP contribution in [0.3, 0.4) is 0 Å². The molecular formula is C75H91N5O15. The van der Waals surface area contributed by atoms with Gasteiger partial charge in [0.05, 0.1) is 12.4 Å². The van der Waals surface area contributed by atoms with E-state index >= 15 is 0 Å². The van der Waals surface area contributed by atoms with Gasteiger partial charge in [-0.1, -0.05) is 146 Å². The van der Waals surface area contributed by atoms with E-state index in [1.54, 1.807) is 32.9 Å². The van der Waals surface area contributed by atoms with E-state index in [0.717, 1.165) is 88.8 Å². The van der Waals surface area contributed by atoms with Crippen LogP contribution in [0.15, 0.2) is 151 Å². The molecule has 95 heavy (non-hydrogen) atoms. The van der Waals surface area contributed by atoms with Crippen LogP contribution in [-0.4, -0.2) is 110 Å². The highest BCUT2D eigenvalue weighted by Crippen LogP contribution is 2.44. The van der Waals surface area contributed by atoms with E-state index in [9.17, 15) is 43.2 Å². The Labute approximate surface area is 556 Å². The van der Waals surface area contributed by atoms with Gasteiger partial charge in [0, 0.05) is 57.1 Å². The first-order valence-corrected chi connectivity index (χ1v) is 33.4. The lowest BCUT2D eigenvalue weighted by atomic mass is 9.80. The molecule has 0 bridgehead atoms. The van der Waals surface area contributed by atoms with Gasteiger partial charge in [-0.25, -0.2) is 19.2 Å². The molecule has 0 spiro atoms. The molecule has 4 atom stereocenters. The lowest BCUT2D eigenvalue weighted by Crippen LogP contribution is -2.52. The first-order chi connectivity index (χ1) is 46.0. The number of amides is 5. The highest BCUT2D eigenvalue weighted by molar-refractivity contribution is 5.92. The summed E-state index contributed by atoms with van der Waals surface area (Å²) in [5, 5.41) is 13.8. The van der Waals surface area contributed by atoms with Crippen molar-refractivity contribution in [1.29, 1.82) is 0 Å². The maximum Gasteiger partial charge on any atom is 0.407 e. The molecule has 2 fully saturated rings. The molecule has 0 saturated heterocycles. The zero-order valence-electron chi connectivity index (χ0n) is 54.8. The summed E-state index contributed by atoms with van der Waals surface area (Å²) in [5.74, 6) is -3.91. The van der Waals surface area contributed by atoms with E-state index in [0.29, 0.717) is 25.9 Å². The molecule has 3 aliphatic carbocycles. The Morgan fingerprint density at radius 2 is 0.968 bits per heavy atom. The number of hydrogen-bond donors (Lipinski definition) is 5. The van der Waals surface area contributed by atoms with Gasteiger partial charge in [0.2, 0.25) is 23.6 Å². The Kier molecular flexibility index (Phi) is 28.0. The number of esters is 3. The zero-order chi connectivity index (χ0) is 67.4. The van der Waals surface area contributed by atoms with Crippen LogP contribution >= 0.6 is 0 Å².